The molecule has 172 valence electrons. The fourth-order valence-electron chi connectivity index (χ4n) is 2.64. The zero-order valence-corrected chi connectivity index (χ0v) is 20.0. The van der Waals surface area contributed by atoms with E-state index in [1.54, 1.807) is 32.3 Å². The van der Waals surface area contributed by atoms with Crippen molar-refractivity contribution >= 4 is 35.8 Å². The highest BCUT2D eigenvalue weighted by Gasteiger charge is 2.28. The van der Waals surface area contributed by atoms with Crippen molar-refractivity contribution in [1.29, 1.82) is 0 Å². The summed E-state index contributed by atoms with van der Waals surface area (Å²) >= 11 is 0. The number of hydrogen-bond donors (Lipinski definition) is 3. The Labute approximate surface area is 198 Å². The second kappa shape index (κ2) is 13.9. The molecule has 0 aliphatic carbocycles. The van der Waals surface area contributed by atoms with E-state index in [-0.39, 0.29) is 29.7 Å². The molecule has 10 heteroatoms. The molecule has 6 nitrogen and oxygen atoms in total. The molecule has 3 N–H and O–H groups in total. The van der Waals surface area contributed by atoms with Crippen molar-refractivity contribution in [2.45, 2.75) is 32.5 Å². The van der Waals surface area contributed by atoms with Crippen LogP contribution in [0.5, 0.6) is 5.75 Å². The molecule has 0 spiro atoms. The second-order valence-corrected chi connectivity index (χ2v) is 6.72. The van der Waals surface area contributed by atoms with Crippen LogP contribution in [-0.2, 0) is 6.54 Å². The van der Waals surface area contributed by atoms with Gasteiger partial charge in [-0.1, -0.05) is 18.2 Å². The number of ether oxygens (including phenoxy) is 1. The summed E-state index contributed by atoms with van der Waals surface area (Å²) in [7, 11) is 1.65. The normalized spacial score (nSPS) is 11.5. The lowest BCUT2D eigenvalue weighted by atomic mass is 10.1. The Morgan fingerprint density at radius 2 is 1.87 bits per heavy atom. The Morgan fingerprint density at radius 3 is 2.55 bits per heavy atom. The smallest absolute Gasteiger partial charge is 0.422 e. The van der Waals surface area contributed by atoms with Gasteiger partial charge in [0.15, 0.2) is 12.6 Å². The van der Waals surface area contributed by atoms with Crippen molar-refractivity contribution < 1.29 is 17.9 Å². The van der Waals surface area contributed by atoms with E-state index < -0.39 is 12.8 Å². The number of aromatic nitrogens is 1. The molecule has 2 rings (SSSR count). The SMILES string of the molecule is CN=C(NCCCCNc1ccccn1)NCc1ccc(C)cc1OCC(F)(F)F.I. The molecule has 0 saturated heterocycles. The molecular formula is C21H29F3IN5O. The third kappa shape index (κ3) is 11.1. The number of halogens is 4. The van der Waals surface area contributed by atoms with Gasteiger partial charge >= 0.3 is 6.18 Å². The summed E-state index contributed by atoms with van der Waals surface area (Å²) in [6.07, 6.45) is -0.760. The summed E-state index contributed by atoms with van der Waals surface area (Å²) in [6, 6.07) is 10.9. The van der Waals surface area contributed by atoms with Crippen molar-refractivity contribution in [3.8, 4) is 5.75 Å². The average Bonchev–Trinajstić information content (AvgIpc) is 2.72. The number of nitrogens with one attached hydrogen (secondary N) is 3. The topological polar surface area (TPSA) is 70.6 Å². The van der Waals surface area contributed by atoms with Crippen LogP contribution in [-0.4, -0.2) is 43.9 Å². The Bertz CT molecular complexity index is 803. The van der Waals surface area contributed by atoms with Crippen molar-refractivity contribution in [3.05, 3.63) is 53.7 Å². The van der Waals surface area contributed by atoms with E-state index in [4.69, 9.17) is 4.74 Å². The van der Waals surface area contributed by atoms with Gasteiger partial charge in [-0.25, -0.2) is 4.98 Å². The minimum absolute atomic E-state index is 0. The van der Waals surface area contributed by atoms with E-state index >= 15 is 0 Å². The van der Waals surface area contributed by atoms with Gasteiger partial charge in [0, 0.05) is 38.4 Å². The summed E-state index contributed by atoms with van der Waals surface area (Å²) in [4.78, 5) is 8.35. The monoisotopic (exact) mass is 551 g/mol. The first-order chi connectivity index (χ1) is 14.4. The van der Waals surface area contributed by atoms with E-state index in [2.05, 4.69) is 25.9 Å². The number of nitrogens with zero attached hydrogens (tertiary/aromatic N) is 2. The summed E-state index contributed by atoms with van der Waals surface area (Å²) in [5.41, 5.74) is 1.46. The molecule has 0 aliphatic heterocycles. The molecule has 0 aliphatic rings. The molecule has 1 heterocycles. The molecule has 0 fully saturated rings. The predicted molar refractivity (Wildman–Crippen MR) is 128 cm³/mol. The number of unbranched alkanes of at least 4 members (excludes halogenated alkanes) is 1. The number of aryl methyl sites for hydroxylation is 1. The van der Waals surface area contributed by atoms with Gasteiger partial charge in [-0.2, -0.15) is 13.2 Å². The fourth-order valence-corrected chi connectivity index (χ4v) is 2.64. The van der Waals surface area contributed by atoms with E-state index in [1.165, 1.54) is 0 Å². The van der Waals surface area contributed by atoms with Gasteiger partial charge in [0.2, 0.25) is 0 Å². The zero-order valence-electron chi connectivity index (χ0n) is 17.6. The molecule has 0 radical (unpaired) electrons. The van der Waals surface area contributed by atoms with Crippen molar-refractivity contribution in [1.82, 2.24) is 15.6 Å². The average molecular weight is 551 g/mol. The highest BCUT2D eigenvalue weighted by atomic mass is 127. The molecule has 0 amide bonds. The van der Waals surface area contributed by atoms with E-state index in [0.29, 0.717) is 18.1 Å². The van der Waals surface area contributed by atoms with Gasteiger partial charge in [0.25, 0.3) is 0 Å². The lowest BCUT2D eigenvalue weighted by Gasteiger charge is -2.16. The first-order valence-corrected chi connectivity index (χ1v) is 9.76. The maximum Gasteiger partial charge on any atom is 0.422 e. The number of rotatable bonds is 10. The molecule has 1 aromatic carbocycles. The lowest BCUT2D eigenvalue weighted by Crippen LogP contribution is -2.37. The van der Waals surface area contributed by atoms with E-state index in [0.717, 1.165) is 37.3 Å². The standard InChI is InChI=1S/C21H28F3N5O.HI/c1-16-8-9-17(18(13-16)30-15-21(22,23)24)14-29-20(25-2)28-12-6-5-11-27-19-7-3-4-10-26-19;/h3-4,7-10,13H,5-6,11-12,14-15H2,1-2H3,(H,26,27)(H2,25,28,29);1H. The van der Waals surface area contributed by atoms with Crippen LogP contribution in [0.15, 0.2) is 47.6 Å². The number of aliphatic imine (C=N–C) groups is 1. The Morgan fingerprint density at radius 1 is 1.10 bits per heavy atom. The van der Waals surface area contributed by atoms with Crippen LogP contribution in [0, 0.1) is 6.92 Å². The minimum Gasteiger partial charge on any atom is -0.484 e. The maximum absolute atomic E-state index is 12.5. The van der Waals surface area contributed by atoms with Crippen LogP contribution in [0.3, 0.4) is 0 Å². The number of pyridine rings is 1. The molecule has 0 unspecified atom stereocenters. The highest BCUT2D eigenvalue weighted by molar-refractivity contribution is 14.0. The molecule has 31 heavy (non-hydrogen) atoms. The number of hydrogen-bond acceptors (Lipinski definition) is 4. The summed E-state index contributed by atoms with van der Waals surface area (Å²) in [6.45, 7) is 2.32. The van der Waals surface area contributed by atoms with E-state index in [1.807, 2.05) is 24.3 Å². The summed E-state index contributed by atoms with van der Waals surface area (Å²) < 4.78 is 42.4. The summed E-state index contributed by atoms with van der Waals surface area (Å²) in [5.74, 6) is 1.65. The van der Waals surface area contributed by atoms with Crippen LogP contribution in [0.4, 0.5) is 19.0 Å². The van der Waals surface area contributed by atoms with Crippen LogP contribution >= 0.6 is 24.0 Å². The Balaban J connectivity index is 0.00000480. The van der Waals surface area contributed by atoms with Crippen molar-refractivity contribution in [2.24, 2.45) is 4.99 Å². The van der Waals surface area contributed by atoms with Gasteiger partial charge in [-0.15, -0.1) is 24.0 Å². The predicted octanol–water partition coefficient (Wildman–Crippen LogP) is 4.51. The second-order valence-electron chi connectivity index (χ2n) is 6.72. The van der Waals surface area contributed by atoms with Crippen LogP contribution < -0.4 is 20.7 Å². The Hall–Kier alpha value is -2.24. The van der Waals surface area contributed by atoms with Gasteiger partial charge in [0.1, 0.15) is 11.6 Å². The number of alkyl halides is 3. The quantitative estimate of drug-likeness (QED) is 0.176. The first kappa shape index (κ1) is 26.8. The largest absolute Gasteiger partial charge is 0.484 e. The van der Waals surface area contributed by atoms with Gasteiger partial charge in [-0.05, 0) is 43.5 Å². The number of guanidine groups is 1. The molecule has 0 bridgehead atoms. The molecule has 0 saturated carbocycles. The van der Waals surface area contributed by atoms with Crippen molar-refractivity contribution in [2.75, 3.05) is 32.1 Å². The zero-order chi connectivity index (χ0) is 21.8. The number of anilines is 1. The fraction of sp³-hybridized carbons (Fsp3) is 0.429. The molecule has 0 atom stereocenters. The molecule has 2 aromatic rings. The molecular weight excluding hydrogens is 522 g/mol. The van der Waals surface area contributed by atoms with E-state index in [9.17, 15) is 13.2 Å². The third-order valence-corrected chi connectivity index (χ3v) is 4.15. The van der Waals surface area contributed by atoms with Crippen LogP contribution in [0.1, 0.15) is 24.0 Å². The molecule has 1 aromatic heterocycles. The van der Waals surface area contributed by atoms with Gasteiger partial charge in [-0.3, -0.25) is 4.99 Å². The minimum atomic E-state index is -4.38. The number of benzene rings is 1. The first-order valence-electron chi connectivity index (χ1n) is 9.76. The third-order valence-electron chi connectivity index (χ3n) is 4.15. The lowest BCUT2D eigenvalue weighted by molar-refractivity contribution is -0.153. The maximum atomic E-state index is 12.5. The highest BCUT2D eigenvalue weighted by Crippen LogP contribution is 2.23. The summed E-state index contributed by atoms with van der Waals surface area (Å²) in [5, 5.41) is 9.56. The van der Waals surface area contributed by atoms with Gasteiger partial charge < -0.3 is 20.7 Å². The Kier molecular flexibility index (Phi) is 12.1. The van der Waals surface area contributed by atoms with Gasteiger partial charge in [0.05, 0.1) is 0 Å². The van der Waals surface area contributed by atoms with Crippen LogP contribution in [0.25, 0.3) is 0 Å². The van der Waals surface area contributed by atoms with Crippen molar-refractivity contribution in [3.63, 3.8) is 0 Å². The van der Waals surface area contributed by atoms with Crippen LogP contribution in [0.2, 0.25) is 0 Å².